The maximum Gasteiger partial charge on any atom is 0.336 e. The number of hydrogen-bond donors (Lipinski definition) is 1. The van der Waals surface area contributed by atoms with Gasteiger partial charge in [0.15, 0.2) is 0 Å². The van der Waals surface area contributed by atoms with Gasteiger partial charge in [0.05, 0.1) is 0 Å². The summed E-state index contributed by atoms with van der Waals surface area (Å²) in [6.45, 7) is 6.84. The van der Waals surface area contributed by atoms with Gasteiger partial charge in [-0.2, -0.15) is 0 Å². The van der Waals surface area contributed by atoms with Gasteiger partial charge >= 0.3 is 5.63 Å². The number of hydrogen-bond acceptors (Lipinski definition) is 3. The van der Waals surface area contributed by atoms with Crippen molar-refractivity contribution in [2.75, 3.05) is 11.9 Å². The van der Waals surface area contributed by atoms with E-state index in [4.69, 9.17) is 4.42 Å². The molecular formula is C13H15NO2. The van der Waals surface area contributed by atoms with Gasteiger partial charge < -0.3 is 9.73 Å². The molecule has 0 unspecified atom stereocenters. The summed E-state index contributed by atoms with van der Waals surface area (Å²) in [5, 5.41) is 4.25. The van der Waals surface area contributed by atoms with Crippen LogP contribution < -0.4 is 10.9 Å². The number of anilines is 1. The zero-order valence-electron chi connectivity index (χ0n) is 9.76. The Kier molecular flexibility index (Phi) is 2.69. The molecule has 1 N–H and O–H groups in total. The highest BCUT2D eigenvalue weighted by Crippen LogP contribution is 2.24. The van der Waals surface area contributed by atoms with E-state index in [1.165, 1.54) is 6.07 Å². The predicted octanol–water partition coefficient (Wildman–Crippen LogP) is 2.84. The predicted molar refractivity (Wildman–Crippen MR) is 66.1 cm³/mol. The minimum Gasteiger partial charge on any atom is -0.423 e. The van der Waals surface area contributed by atoms with Gasteiger partial charge in [-0.05, 0) is 38.0 Å². The molecule has 0 aliphatic heterocycles. The summed E-state index contributed by atoms with van der Waals surface area (Å²) in [7, 11) is 0. The third-order valence-corrected chi connectivity index (χ3v) is 2.62. The lowest BCUT2D eigenvalue weighted by molar-refractivity contribution is 0.560. The van der Waals surface area contributed by atoms with Crippen molar-refractivity contribution in [1.82, 2.24) is 0 Å². The van der Waals surface area contributed by atoms with Crippen LogP contribution in [0.1, 0.15) is 18.1 Å². The second-order valence-corrected chi connectivity index (χ2v) is 3.95. The molecule has 0 saturated heterocycles. The number of nitrogens with one attached hydrogen (secondary N) is 1. The Morgan fingerprint density at radius 2 is 1.88 bits per heavy atom. The maximum atomic E-state index is 11.3. The van der Waals surface area contributed by atoms with Crippen LogP contribution in [0.25, 0.3) is 11.0 Å². The van der Waals surface area contributed by atoms with Crippen LogP contribution in [0.2, 0.25) is 0 Å². The fourth-order valence-electron chi connectivity index (χ4n) is 2.03. The fraction of sp³-hybridized carbons (Fsp3) is 0.308. The van der Waals surface area contributed by atoms with Crippen molar-refractivity contribution in [2.24, 2.45) is 0 Å². The second-order valence-electron chi connectivity index (χ2n) is 3.95. The summed E-state index contributed by atoms with van der Waals surface area (Å²) >= 11 is 0. The molecule has 0 amide bonds. The molecule has 0 aliphatic carbocycles. The third kappa shape index (κ3) is 1.81. The zero-order valence-corrected chi connectivity index (χ0v) is 9.76. The van der Waals surface area contributed by atoms with Gasteiger partial charge in [0.1, 0.15) is 5.58 Å². The van der Waals surface area contributed by atoms with E-state index < -0.39 is 0 Å². The van der Waals surface area contributed by atoms with Crippen molar-refractivity contribution < 1.29 is 4.42 Å². The van der Waals surface area contributed by atoms with Crippen molar-refractivity contribution in [2.45, 2.75) is 20.8 Å². The maximum absolute atomic E-state index is 11.3. The van der Waals surface area contributed by atoms with Crippen LogP contribution in [0.5, 0.6) is 0 Å². The Balaban J connectivity index is 2.76. The van der Waals surface area contributed by atoms with Crippen LogP contribution >= 0.6 is 0 Å². The molecule has 84 valence electrons. The molecule has 0 radical (unpaired) electrons. The number of benzene rings is 1. The zero-order chi connectivity index (χ0) is 11.7. The molecule has 1 heterocycles. The van der Waals surface area contributed by atoms with Gasteiger partial charge in [-0.15, -0.1) is 0 Å². The van der Waals surface area contributed by atoms with E-state index in [2.05, 4.69) is 11.4 Å². The van der Waals surface area contributed by atoms with Crippen LogP contribution in [0.4, 0.5) is 5.69 Å². The molecule has 1 aromatic heterocycles. The molecule has 2 aromatic rings. The molecule has 0 saturated carbocycles. The number of rotatable bonds is 2. The first-order chi connectivity index (χ1) is 7.61. The Bertz CT molecular complexity index is 584. The average molecular weight is 217 g/mol. The highest BCUT2D eigenvalue weighted by Gasteiger charge is 2.06. The second kappa shape index (κ2) is 4.00. The van der Waals surface area contributed by atoms with Gasteiger partial charge in [0, 0.05) is 29.8 Å². The van der Waals surface area contributed by atoms with Crippen molar-refractivity contribution >= 4 is 16.7 Å². The van der Waals surface area contributed by atoms with Gasteiger partial charge in [-0.25, -0.2) is 4.79 Å². The number of fused-ring (bicyclic) bond motifs is 1. The smallest absolute Gasteiger partial charge is 0.336 e. The lowest BCUT2D eigenvalue weighted by atomic mass is 10.1. The molecule has 3 heteroatoms. The standard InChI is InChI=1S/C13H15NO2/c1-4-14-10-5-8(2)13-9(3)6-12(15)16-11(13)7-10/h5-7,14H,4H2,1-3H3. The van der Waals surface area contributed by atoms with Gasteiger partial charge in [0.25, 0.3) is 0 Å². The lowest BCUT2D eigenvalue weighted by Crippen LogP contribution is -2.01. The highest BCUT2D eigenvalue weighted by molar-refractivity contribution is 5.86. The Morgan fingerprint density at radius 1 is 1.19 bits per heavy atom. The largest absolute Gasteiger partial charge is 0.423 e. The summed E-state index contributed by atoms with van der Waals surface area (Å²) in [6.07, 6.45) is 0. The van der Waals surface area contributed by atoms with Gasteiger partial charge in [0.2, 0.25) is 0 Å². The first-order valence-corrected chi connectivity index (χ1v) is 5.41. The van der Waals surface area contributed by atoms with Crippen LogP contribution in [0.15, 0.2) is 27.4 Å². The average Bonchev–Trinajstić information content (AvgIpc) is 2.15. The van der Waals surface area contributed by atoms with E-state index in [1.54, 1.807) is 0 Å². The topological polar surface area (TPSA) is 42.2 Å². The minimum atomic E-state index is -0.293. The summed E-state index contributed by atoms with van der Waals surface area (Å²) < 4.78 is 5.21. The Hall–Kier alpha value is -1.77. The lowest BCUT2D eigenvalue weighted by Gasteiger charge is -2.08. The van der Waals surface area contributed by atoms with Crippen LogP contribution in [0.3, 0.4) is 0 Å². The third-order valence-electron chi connectivity index (χ3n) is 2.62. The summed E-state index contributed by atoms with van der Waals surface area (Å²) in [6, 6.07) is 5.47. The number of aryl methyl sites for hydroxylation is 2. The Morgan fingerprint density at radius 3 is 2.56 bits per heavy atom. The molecule has 0 bridgehead atoms. The quantitative estimate of drug-likeness (QED) is 0.786. The van der Waals surface area contributed by atoms with Crippen molar-refractivity contribution in [3.8, 4) is 0 Å². The SMILES string of the molecule is CCNc1cc(C)c2c(C)cc(=O)oc2c1. The molecule has 0 fully saturated rings. The van der Waals surface area contributed by atoms with E-state index in [0.29, 0.717) is 5.58 Å². The van der Waals surface area contributed by atoms with Crippen molar-refractivity contribution in [3.05, 3.63) is 39.7 Å². The first kappa shape index (κ1) is 10.7. The van der Waals surface area contributed by atoms with E-state index >= 15 is 0 Å². The molecular weight excluding hydrogens is 202 g/mol. The summed E-state index contributed by atoms with van der Waals surface area (Å²) in [5.74, 6) is 0. The van der Waals surface area contributed by atoms with E-state index in [0.717, 1.165) is 28.7 Å². The highest BCUT2D eigenvalue weighted by atomic mass is 16.4. The molecule has 0 atom stereocenters. The molecule has 0 aliphatic rings. The Labute approximate surface area is 94.1 Å². The fourth-order valence-corrected chi connectivity index (χ4v) is 2.03. The molecule has 0 spiro atoms. The van der Waals surface area contributed by atoms with Crippen LogP contribution in [-0.4, -0.2) is 6.54 Å². The van der Waals surface area contributed by atoms with Gasteiger partial charge in [-0.3, -0.25) is 0 Å². The van der Waals surface area contributed by atoms with Crippen molar-refractivity contribution in [1.29, 1.82) is 0 Å². The van der Waals surface area contributed by atoms with Gasteiger partial charge in [-0.1, -0.05) is 0 Å². The summed E-state index contributed by atoms with van der Waals surface area (Å²) in [4.78, 5) is 11.3. The normalized spacial score (nSPS) is 10.7. The van der Waals surface area contributed by atoms with E-state index in [-0.39, 0.29) is 5.63 Å². The summed E-state index contributed by atoms with van der Waals surface area (Å²) in [5.41, 5.74) is 3.43. The molecule has 1 aromatic carbocycles. The van der Waals surface area contributed by atoms with Crippen molar-refractivity contribution in [3.63, 3.8) is 0 Å². The van der Waals surface area contributed by atoms with E-state index in [1.807, 2.05) is 26.8 Å². The molecule has 16 heavy (non-hydrogen) atoms. The van der Waals surface area contributed by atoms with Crippen LogP contribution in [0, 0.1) is 13.8 Å². The molecule has 3 nitrogen and oxygen atoms in total. The van der Waals surface area contributed by atoms with Crippen LogP contribution in [-0.2, 0) is 0 Å². The monoisotopic (exact) mass is 217 g/mol. The first-order valence-electron chi connectivity index (χ1n) is 5.41. The minimum absolute atomic E-state index is 0.293. The van der Waals surface area contributed by atoms with E-state index in [9.17, 15) is 4.79 Å². The molecule has 2 rings (SSSR count).